The van der Waals surface area contributed by atoms with Crippen LogP contribution in [0.4, 0.5) is 5.69 Å². The van der Waals surface area contributed by atoms with Crippen molar-refractivity contribution in [1.29, 1.82) is 0 Å². The third kappa shape index (κ3) is 4.65. The molecule has 0 aliphatic heterocycles. The highest BCUT2D eigenvalue weighted by atomic mass is 16.4. The van der Waals surface area contributed by atoms with Gasteiger partial charge in [0.15, 0.2) is 0 Å². The number of aliphatic hydroxyl groups is 2. The van der Waals surface area contributed by atoms with Crippen LogP contribution in [-0.2, 0) is 0 Å². The Labute approximate surface area is 110 Å². The molecule has 0 aliphatic carbocycles. The van der Waals surface area contributed by atoms with Gasteiger partial charge in [-0.25, -0.2) is 4.79 Å². The van der Waals surface area contributed by atoms with Crippen molar-refractivity contribution in [2.75, 3.05) is 26.3 Å². The molecule has 0 saturated heterocycles. The van der Waals surface area contributed by atoms with E-state index in [0.717, 1.165) is 5.56 Å². The number of carboxylic acids is 1. The fourth-order valence-electron chi connectivity index (χ4n) is 1.39. The minimum Gasteiger partial charge on any atom is -0.478 e. The lowest BCUT2D eigenvalue weighted by atomic mass is 10.1. The SMILES string of the molecule is Cc1ccc(C(=O)O)cc1N=NN(CCO)CCO. The quantitative estimate of drug-likeness (QED) is 0.504. The molecular formula is C12H17N3O4. The molecule has 0 aromatic heterocycles. The molecular weight excluding hydrogens is 250 g/mol. The Morgan fingerprint density at radius 2 is 1.89 bits per heavy atom. The van der Waals surface area contributed by atoms with Crippen molar-refractivity contribution in [3.63, 3.8) is 0 Å². The summed E-state index contributed by atoms with van der Waals surface area (Å²) in [6, 6.07) is 4.58. The lowest BCUT2D eigenvalue weighted by Gasteiger charge is -2.14. The van der Waals surface area contributed by atoms with Gasteiger partial charge in [0.1, 0.15) is 0 Å². The smallest absolute Gasteiger partial charge is 0.335 e. The van der Waals surface area contributed by atoms with Crippen LogP contribution in [-0.4, -0.2) is 52.6 Å². The van der Waals surface area contributed by atoms with Crippen molar-refractivity contribution in [3.05, 3.63) is 29.3 Å². The summed E-state index contributed by atoms with van der Waals surface area (Å²) in [5, 5.41) is 35.8. The number of aryl methyl sites for hydroxylation is 1. The average Bonchev–Trinajstić information content (AvgIpc) is 2.37. The number of rotatable bonds is 7. The highest BCUT2D eigenvalue weighted by Gasteiger charge is 2.06. The molecule has 0 radical (unpaired) electrons. The Hall–Kier alpha value is -1.99. The van der Waals surface area contributed by atoms with Crippen molar-refractivity contribution < 1.29 is 20.1 Å². The largest absolute Gasteiger partial charge is 0.478 e. The standard InChI is InChI=1S/C12H17N3O4/c1-9-2-3-10(12(18)19)8-11(9)13-14-15(4-6-16)5-7-17/h2-3,8,16-17H,4-7H2,1H3,(H,18,19). The van der Waals surface area contributed by atoms with Crippen LogP contribution in [0.3, 0.4) is 0 Å². The predicted molar refractivity (Wildman–Crippen MR) is 68.4 cm³/mol. The highest BCUT2D eigenvalue weighted by molar-refractivity contribution is 5.88. The number of carboxylic acid groups (broad SMARTS) is 1. The Bertz CT molecular complexity index is 456. The van der Waals surface area contributed by atoms with E-state index in [4.69, 9.17) is 15.3 Å². The Morgan fingerprint density at radius 1 is 1.26 bits per heavy atom. The van der Waals surface area contributed by atoms with E-state index in [-0.39, 0.29) is 31.9 Å². The van der Waals surface area contributed by atoms with Crippen LogP contribution in [0, 0.1) is 6.92 Å². The van der Waals surface area contributed by atoms with Crippen LogP contribution in [0.2, 0.25) is 0 Å². The van der Waals surface area contributed by atoms with Gasteiger partial charge in [-0.2, -0.15) is 0 Å². The first-order valence-electron chi connectivity index (χ1n) is 5.80. The molecule has 104 valence electrons. The molecule has 1 aromatic carbocycles. The van der Waals surface area contributed by atoms with Crippen LogP contribution in [0.15, 0.2) is 28.5 Å². The van der Waals surface area contributed by atoms with Crippen molar-refractivity contribution in [1.82, 2.24) is 5.01 Å². The van der Waals surface area contributed by atoms with Crippen molar-refractivity contribution in [2.45, 2.75) is 6.92 Å². The van der Waals surface area contributed by atoms with Gasteiger partial charge in [0, 0.05) is 0 Å². The molecule has 7 nitrogen and oxygen atoms in total. The first-order chi connectivity index (χ1) is 9.08. The molecule has 19 heavy (non-hydrogen) atoms. The fraction of sp³-hybridized carbons (Fsp3) is 0.417. The number of benzene rings is 1. The van der Waals surface area contributed by atoms with Gasteiger partial charge >= 0.3 is 5.97 Å². The van der Waals surface area contributed by atoms with Gasteiger partial charge in [0.2, 0.25) is 0 Å². The first kappa shape index (κ1) is 15.1. The summed E-state index contributed by atoms with van der Waals surface area (Å²) >= 11 is 0. The molecule has 0 bridgehead atoms. The maximum Gasteiger partial charge on any atom is 0.335 e. The van der Waals surface area contributed by atoms with Gasteiger partial charge in [0.25, 0.3) is 0 Å². The predicted octanol–water partition coefficient (Wildman–Crippen LogP) is 0.979. The third-order valence-electron chi connectivity index (χ3n) is 2.45. The van der Waals surface area contributed by atoms with E-state index in [1.165, 1.54) is 17.1 Å². The first-order valence-corrected chi connectivity index (χ1v) is 5.80. The molecule has 0 aliphatic rings. The number of hydrogen-bond donors (Lipinski definition) is 3. The van der Waals surface area contributed by atoms with E-state index in [1.54, 1.807) is 13.0 Å². The highest BCUT2D eigenvalue weighted by Crippen LogP contribution is 2.21. The summed E-state index contributed by atoms with van der Waals surface area (Å²) in [6.07, 6.45) is 0. The van der Waals surface area contributed by atoms with Gasteiger partial charge < -0.3 is 15.3 Å². The second kappa shape index (κ2) is 7.45. The third-order valence-corrected chi connectivity index (χ3v) is 2.45. The topological polar surface area (TPSA) is 106 Å². The summed E-state index contributed by atoms with van der Waals surface area (Å²) in [5.41, 5.74) is 1.37. The van der Waals surface area contributed by atoms with E-state index in [9.17, 15) is 4.79 Å². The molecule has 0 saturated carbocycles. The van der Waals surface area contributed by atoms with Crippen LogP contribution < -0.4 is 0 Å². The lowest BCUT2D eigenvalue weighted by molar-refractivity contribution is 0.0697. The van der Waals surface area contributed by atoms with Gasteiger partial charge in [-0.05, 0) is 24.6 Å². The molecule has 0 amide bonds. The summed E-state index contributed by atoms with van der Waals surface area (Å²) in [5.74, 6) is -1.03. The van der Waals surface area contributed by atoms with E-state index >= 15 is 0 Å². The Morgan fingerprint density at radius 3 is 2.42 bits per heavy atom. The van der Waals surface area contributed by atoms with Crippen molar-refractivity contribution >= 4 is 11.7 Å². The molecule has 0 spiro atoms. The lowest BCUT2D eigenvalue weighted by Crippen LogP contribution is -2.24. The summed E-state index contributed by atoms with van der Waals surface area (Å²) in [6.45, 7) is 2.09. The van der Waals surface area contributed by atoms with Gasteiger partial charge in [0.05, 0.1) is 37.6 Å². The number of carbonyl (C=O) groups is 1. The van der Waals surface area contributed by atoms with Crippen LogP contribution in [0.25, 0.3) is 0 Å². The minimum atomic E-state index is -1.03. The number of hydrogen-bond acceptors (Lipinski definition) is 5. The van der Waals surface area contributed by atoms with E-state index < -0.39 is 5.97 Å². The summed E-state index contributed by atoms with van der Waals surface area (Å²) in [7, 11) is 0. The zero-order valence-corrected chi connectivity index (χ0v) is 10.7. The van der Waals surface area contributed by atoms with Crippen LogP contribution in [0.5, 0.6) is 0 Å². The maximum atomic E-state index is 10.9. The number of nitrogens with zero attached hydrogens (tertiary/aromatic N) is 3. The molecule has 0 atom stereocenters. The zero-order chi connectivity index (χ0) is 14.3. The van der Waals surface area contributed by atoms with E-state index in [1.807, 2.05) is 0 Å². The van der Waals surface area contributed by atoms with E-state index in [2.05, 4.69) is 10.3 Å². The maximum absolute atomic E-state index is 10.9. The Kier molecular flexibility index (Phi) is 5.91. The molecule has 3 N–H and O–H groups in total. The molecule has 7 heteroatoms. The molecule has 0 heterocycles. The van der Waals surface area contributed by atoms with Crippen LogP contribution in [0.1, 0.15) is 15.9 Å². The van der Waals surface area contributed by atoms with Crippen molar-refractivity contribution in [3.8, 4) is 0 Å². The number of aromatic carboxylic acids is 1. The number of aliphatic hydroxyl groups excluding tert-OH is 2. The normalized spacial score (nSPS) is 10.9. The molecule has 0 fully saturated rings. The average molecular weight is 267 g/mol. The second-order valence-electron chi connectivity index (χ2n) is 3.90. The fourth-order valence-corrected chi connectivity index (χ4v) is 1.39. The van der Waals surface area contributed by atoms with Gasteiger partial charge in [-0.15, -0.1) is 5.11 Å². The monoisotopic (exact) mass is 267 g/mol. The van der Waals surface area contributed by atoms with Gasteiger partial charge in [-0.1, -0.05) is 11.3 Å². The van der Waals surface area contributed by atoms with Crippen molar-refractivity contribution in [2.24, 2.45) is 10.3 Å². The van der Waals surface area contributed by atoms with E-state index in [0.29, 0.717) is 5.69 Å². The zero-order valence-electron chi connectivity index (χ0n) is 10.7. The Balaban J connectivity index is 2.89. The van der Waals surface area contributed by atoms with Crippen LogP contribution >= 0.6 is 0 Å². The second-order valence-corrected chi connectivity index (χ2v) is 3.90. The minimum absolute atomic E-state index is 0.104. The molecule has 0 unspecified atom stereocenters. The molecule has 1 aromatic rings. The summed E-state index contributed by atoms with van der Waals surface area (Å²) < 4.78 is 0. The molecule has 1 rings (SSSR count). The van der Waals surface area contributed by atoms with Gasteiger partial charge in [-0.3, -0.25) is 5.01 Å². The summed E-state index contributed by atoms with van der Waals surface area (Å²) in [4.78, 5) is 10.9.